The van der Waals surface area contributed by atoms with Crippen LogP contribution in [0.2, 0.25) is 0 Å². The molecule has 0 fully saturated rings. The third-order valence-corrected chi connectivity index (χ3v) is 7.68. The number of benzene rings is 4. The molecule has 3 heterocycles. The molecule has 4 heteroatoms. The molecule has 0 saturated carbocycles. The molecule has 44 heavy (non-hydrogen) atoms. The van der Waals surface area contributed by atoms with Crippen molar-refractivity contribution in [3.63, 3.8) is 0 Å². The van der Waals surface area contributed by atoms with Crippen molar-refractivity contribution >= 4 is 32.7 Å². The largest absolute Gasteiger partial charge is 0.250 e. The molecule has 0 aliphatic rings. The van der Waals surface area contributed by atoms with E-state index in [0.717, 1.165) is 66.7 Å². The maximum atomic E-state index is 4.95. The standard InChI is InChI=1S/C22H20N2.C18H18N2/c1-22(2,3)19-14-12-17-10-9-16-11-13-18(15-7-5-4-6-8-15)23-20(16)21(17)24-19;1-18(2,3)17-19-15-12-8-7-11-14(15)16(20-17)13-9-5-4-6-10-13/h4-14H,1-3H3;4-12H,1-3H3. The van der Waals surface area contributed by atoms with E-state index in [4.69, 9.17) is 19.9 Å². The minimum atomic E-state index is -0.0619. The van der Waals surface area contributed by atoms with Crippen LogP contribution < -0.4 is 0 Å². The minimum absolute atomic E-state index is 0.0212. The summed E-state index contributed by atoms with van der Waals surface area (Å²) in [6, 6.07) is 41.5. The maximum absolute atomic E-state index is 4.95. The predicted octanol–water partition coefficient (Wildman–Crippen LogP) is 10.3. The number of pyridine rings is 2. The molecule has 0 bridgehead atoms. The Morgan fingerprint density at radius 2 is 0.977 bits per heavy atom. The molecule has 3 aromatic heterocycles. The zero-order valence-electron chi connectivity index (χ0n) is 26.3. The predicted molar refractivity (Wildman–Crippen MR) is 185 cm³/mol. The van der Waals surface area contributed by atoms with Crippen molar-refractivity contribution in [3.05, 3.63) is 133 Å². The zero-order valence-corrected chi connectivity index (χ0v) is 26.3. The number of aromatic nitrogens is 4. The van der Waals surface area contributed by atoms with Crippen LogP contribution in [0.4, 0.5) is 0 Å². The fraction of sp³-hybridized carbons (Fsp3) is 0.200. The summed E-state index contributed by atoms with van der Waals surface area (Å²) in [4.78, 5) is 19.4. The van der Waals surface area contributed by atoms with Crippen molar-refractivity contribution in [1.82, 2.24) is 19.9 Å². The van der Waals surface area contributed by atoms with Gasteiger partial charge in [-0.05, 0) is 18.2 Å². The van der Waals surface area contributed by atoms with Gasteiger partial charge in [0.15, 0.2) is 0 Å². The van der Waals surface area contributed by atoms with E-state index in [-0.39, 0.29) is 10.8 Å². The first kappa shape index (κ1) is 29.1. The van der Waals surface area contributed by atoms with Crippen LogP contribution in [0.3, 0.4) is 0 Å². The van der Waals surface area contributed by atoms with E-state index in [1.165, 1.54) is 0 Å². The fourth-order valence-electron chi connectivity index (χ4n) is 5.18. The molecule has 218 valence electrons. The topological polar surface area (TPSA) is 51.6 Å². The first-order valence-corrected chi connectivity index (χ1v) is 15.2. The second kappa shape index (κ2) is 11.6. The Morgan fingerprint density at radius 1 is 0.432 bits per heavy atom. The van der Waals surface area contributed by atoms with E-state index in [0.29, 0.717) is 0 Å². The first-order chi connectivity index (χ1) is 21.1. The van der Waals surface area contributed by atoms with Crippen LogP contribution in [0.1, 0.15) is 53.1 Å². The van der Waals surface area contributed by atoms with Gasteiger partial charge in [-0.3, -0.25) is 0 Å². The molecule has 0 aliphatic heterocycles. The molecule has 0 unspecified atom stereocenters. The highest BCUT2D eigenvalue weighted by Crippen LogP contribution is 2.30. The average molecular weight is 575 g/mol. The summed E-state index contributed by atoms with van der Waals surface area (Å²) < 4.78 is 0. The lowest BCUT2D eigenvalue weighted by Gasteiger charge is -2.18. The molecule has 0 saturated heterocycles. The highest BCUT2D eigenvalue weighted by atomic mass is 14.9. The van der Waals surface area contributed by atoms with Gasteiger partial charge in [0.2, 0.25) is 0 Å². The number of rotatable bonds is 2. The lowest BCUT2D eigenvalue weighted by molar-refractivity contribution is 0.549. The van der Waals surface area contributed by atoms with Gasteiger partial charge in [-0.15, -0.1) is 0 Å². The number of para-hydroxylation sites is 1. The van der Waals surface area contributed by atoms with Gasteiger partial charge in [-0.1, -0.05) is 145 Å². The summed E-state index contributed by atoms with van der Waals surface area (Å²) in [5.41, 5.74) is 8.28. The van der Waals surface area contributed by atoms with Crippen LogP contribution in [-0.4, -0.2) is 19.9 Å². The molecule has 0 atom stereocenters. The summed E-state index contributed by atoms with van der Waals surface area (Å²) >= 11 is 0. The van der Waals surface area contributed by atoms with Crippen LogP contribution >= 0.6 is 0 Å². The smallest absolute Gasteiger partial charge is 0.135 e. The van der Waals surface area contributed by atoms with Crippen molar-refractivity contribution in [2.75, 3.05) is 0 Å². The lowest BCUT2D eigenvalue weighted by Crippen LogP contribution is -2.16. The number of fused-ring (bicyclic) bond motifs is 4. The number of hydrogen-bond donors (Lipinski definition) is 0. The minimum Gasteiger partial charge on any atom is -0.250 e. The molecule has 0 spiro atoms. The second-order valence-electron chi connectivity index (χ2n) is 13.2. The van der Waals surface area contributed by atoms with Gasteiger partial charge < -0.3 is 0 Å². The molecular weight excluding hydrogens is 536 g/mol. The summed E-state index contributed by atoms with van der Waals surface area (Å²) in [5, 5.41) is 3.36. The van der Waals surface area contributed by atoms with Crippen molar-refractivity contribution in [1.29, 1.82) is 0 Å². The SMILES string of the molecule is CC(C)(C)c1ccc2ccc3ccc(-c4ccccc4)nc3c2n1.CC(C)(C)c1nc(-c2ccccc2)c2ccccc2n1. The third-order valence-electron chi connectivity index (χ3n) is 7.68. The van der Waals surface area contributed by atoms with Gasteiger partial charge in [-0.2, -0.15) is 0 Å². The molecule has 4 nitrogen and oxygen atoms in total. The van der Waals surface area contributed by atoms with Crippen molar-refractivity contribution in [2.24, 2.45) is 0 Å². The quantitative estimate of drug-likeness (QED) is 0.193. The Labute approximate surface area is 259 Å². The highest BCUT2D eigenvalue weighted by Gasteiger charge is 2.20. The number of hydrogen-bond acceptors (Lipinski definition) is 4. The van der Waals surface area contributed by atoms with E-state index in [1.54, 1.807) is 0 Å². The molecular formula is C40H38N4. The summed E-state index contributed by atoms with van der Waals surface area (Å²) in [7, 11) is 0. The van der Waals surface area contributed by atoms with Crippen LogP contribution in [0, 0.1) is 0 Å². The number of nitrogens with zero attached hydrogens (tertiary/aromatic N) is 4. The molecule has 0 N–H and O–H groups in total. The van der Waals surface area contributed by atoms with E-state index >= 15 is 0 Å². The Bertz CT molecular complexity index is 2070. The van der Waals surface area contributed by atoms with Gasteiger partial charge in [0.05, 0.1) is 27.9 Å². The van der Waals surface area contributed by atoms with Crippen LogP contribution in [0.15, 0.2) is 121 Å². The fourth-order valence-corrected chi connectivity index (χ4v) is 5.18. The molecule has 4 aromatic carbocycles. The molecule has 7 rings (SSSR count). The molecule has 0 aliphatic carbocycles. The summed E-state index contributed by atoms with van der Waals surface area (Å²) in [6.07, 6.45) is 0. The second-order valence-corrected chi connectivity index (χ2v) is 13.2. The Kier molecular flexibility index (Phi) is 7.69. The highest BCUT2D eigenvalue weighted by molar-refractivity contribution is 6.03. The van der Waals surface area contributed by atoms with E-state index < -0.39 is 0 Å². The lowest BCUT2D eigenvalue weighted by atomic mass is 9.91. The van der Waals surface area contributed by atoms with Crippen LogP contribution in [-0.2, 0) is 10.8 Å². The third kappa shape index (κ3) is 6.07. The monoisotopic (exact) mass is 574 g/mol. The van der Waals surface area contributed by atoms with Crippen LogP contribution in [0.25, 0.3) is 55.2 Å². The van der Waals surface area contributed by atoms with Crippen molar-refractivity contribution in [3.8, 4) is 22.5 Å². The molecule has 7 aromatic rings. The Balaban J connectivity index is 0.000000159. The van der Waals surface area contributed by atoms with Crippen molar-refractivity contribution in [2.45, 2.75) is 52.4 Å². The van der Waals surface area contributed by atoms with Crippen molar-refractivity contribution < 1.29 is 0 Å². The van der Waals surface area contributed by atoms with Gasteiger partial charge in [0.25, 0.3) is 0 Å². The normalized spacial score (nSPS) is 11.9. The molecule has 0 radical (unpaired) electrons. The first-order valence-electron chi connectivity index (χ1n) is 15.2. The van der Waals surface area contributed by atoms with Crippen LogP contribution in [0.5, 0.6) is 0 Å². The van der Waals surface area contributed by atoms with Gasteiger partial charge in [0.1, 0.15) is 5.82 Å². The van der Waals surface area contributed by atoms with Gasteiger partial charge in [-0.25, -0.2) is 19.9 Å². The maximum Gasteiger partial charge on any atom is 0.135 e. The average Bonchev–Trinajstić information content (AvgIpc) is 3.04. The Hall–Kier alpha value is -4.96. The van der Waals surface area contributed by atoms with E-state index in [9.17, 15) is 0 Å². The van der Waals surface area contributed by atoms with E-state index in [2.05, 4.69) is 114 Å². The summed E-state index contributed by atoms with van der Waals surface area (Å²) in [6.45, 7) is 13.0. The zero-order chi connectivity index (χ0) is 30.9. The van der Waals surface area contributed by atoms with Gasteiger partial charge >= 0.3 is 0 Å². The van der Waals surface area contributed by atoms with E-state index in [1.807, 2.05) is 48.5 Å². The Morgan fingerprint density at radius 3 is 1.61 bits per heavy atom. The molecule has 0 amide bonds. The van der Waals surface area contributed by atoms with Gasteiger partial charge in [0, 0.05) is 43.8 Å². The summed E-state index contributed by atoms with van der Waals surface area (Å²) in [5.74, 6) is 0.884.